The van der Waals surface area contributed by atoms with Crippen molar-refractivity contribution in [2.24, 2.45) is 29.1 Å². The minimum atomic E-state index is -1.06. The molecule has 8 heteroatoms. The molecule has 38 heavy (non-hydrogen) atoms. The molecule has 8 nitrogen and oxygen atoms in total. The number of aromatic nitrogens is 4. The number of hydrogen-bond acceptors (Lipinski definition) is 7. The molecule has 0 saturated heterocycles. The molecule has 3 aliphatic rings. The van der Waals surface area contributed by atoms with Gasteiger partial charge in [0.2, 0.25) is 0 Å². The maximum Gasteiger partial charge on any atom is 0.162 e. The summed E-state index contributed by atoms with van der Waals surface area (Å²) in [7, 11) is 0. The molecular formula is C30H48N4O4. The van der Waals surface area contributed by atoms with Crippen LogP contribution in [0.2, 0.25) is 0 Å². The van der Waals surface area contributed by atoms with Crippen LogP contribution in [0, 0.1) is 29.1 Å². The Bertz CT molecular complexity index is 1010. The van der Waals surface area contributed by atoms with Crippen LogP contribution < -0.4 is 0 Å². The van der Waals surface area contributed by atoms with Crippen LogP contribution in [0.4, 0.5) is 0 Å². The highest BCUT2D eigenvalue weighted by atomic mass is 16.3. The molecule has 1 heterocycles. The molecule has 0 amide bonds. The highest BCUT2D eigenvalue weighted by Crippen LogP contribution is 2.60. The molecule has 212 valence electrons. The van der Waals surface area contributed by atoms with Gasteiger partial charge < -0.3 is 20.4 Å². The molecule has 1 unspecified atom stereocenters. The number of allylic oxidation sites excluding steroid dienone is 3. The van der Waals surface area contributed by atoms with E-state index in [4.69, 9.17) is 0 Å². The van der Waals surface area contributed by atoms with E-state index in [2.05, 4.69) is 48.0 Å². The zero-order valence-electron chi connectivity index (χ0n) is 23.6. The van der Waals surface area contributed by atoms with Gasteiger partial charge in [-0.1, -0.05) is 38.2 Å². The Kier molecular flexibility index (Phi) is 8.97. The number of nitrogens with zero attached hydrogens (tertiary/aromatic N) is 4. The normalized spacial score (nSPS) is 36.0. The van der Waals surface area contributed by atoms with Crippen molar-refractivity contribution in [3.8, 4) is 0 Å². The molecule has 3 aliphatic carbocycles. The summed E-state index contributed by atoms with van der Waals surface area (Å²) >= 11 is 0. The van der Waals surface area contributed by atoms with Gasteiger partial charge in [0.05, 0.1) is 30.5 Å². The number of aryl methyl sites for hydroxylation is 1. The Morgan fingerprint density at radius 1 is 1.24 bits per heavy atom. The molecule has 0 spiro atoms. The third-order valence-corrected chi connectivity index (χ3v) is 10.1. The second-order valence-electron chi connectivity index (χ2n) is 13.0. The van der Waals surface area contributed by atoms with E-state index in [1.807, 2.05) is 0 Å². The van der Waals surface area contributed by atoms with Crippen molar-refractivity contribution in [3.63, 3.8) is 0 Å². The number of rotatable bonds is 9. The lowest BCUT2D eigenvalue weighted by Crippen LogP contribution is -2.39. The Morgan fingerprint density at radius 3 is 2.68 bits per heavy atom. The molecular weight excluding hydrogens is 480 g/mol. The molecule has 4 N–H and O–H groups in total. The second kappa shape index (κ2) is 11.7. The average molecular weight is 529 g/mol. The lowest BCUT2D eigenvalue weighted by atomic mass is 9.60. The maximum atomic E-state index is 11.0. The summed E-state index contributed by atoms with van der Waals surface area (Å²) in [4.78, 5) is 1.48. The number of hydrogen-bond donors (Lipinski definition) is 4. The molecule has 3 fully saturated rings. The maximum absolute atomic E-state index is 11.0. The van der Waals surface area contributed by atoms with Crippen molar-refractivity contribution in [2.75, 3.05) is 0 Å². The van der Waals surface area contributed by atoms with Crippen molar-refractivity contribution < 1.29 is 20.4 Å². The lowest BCUT2D eigenvalue weighted by molar-refractivity contribution is -0.0554. The van der Waals surface area contributed by atoms with Crippen LogP contribution in [0.25, 0.3) is 0 Å². The summed E-state index contributed by atoms with van der Waals surface area (Å²) in [5, 5.41) is 53.9. The first kappa shape index (κ1) is 29.1. The highest BCUT2D eigenvalue weighted by Gasteiger charge is 2.50. The molecule has 0 radical (unpaired) electrons. The summed E-state index contributed by atoms with van der Waals surface area (Å²) < 4.78 is 0. The van der Waals surface area contributed by atoms with Gasteiger partial charge in [-0.3, -0.25) is 0 Å². The zero-order chi connectivity index (χ0) is 27.7. The number of aliphatic hydroxyl groups is 4. The van der Waals surface area contributed by atoms with Gasteiger partial charge >= 0.3 is 0 Å². The largest absolute Gasteiger partial charge is 0.392 e. The van der Waals surface area contributed by atoms with Gasteiger partial charge in [0, 0.05) is 5.92 Å². The van der Waals surface area contributed by atoms with Crippen molar-refractivity contribution in [1.29, 1.82) is 0 Å². The summed E-state index contributed by atoms with van der Waals surface area (Å²) in [6, 6.07) is 0. The Hall–Kier alpha value is -1.87. The van der Waals surface area contributed by atoms with Crippen molar-refractivity contribution >= 4 is 0 Å². The van der Waals surface area contributed by atoms with Crippen LogP contribution in [0.15, 0.2) is 41.8 Å². The fourth-order valence-corrected chi connectivity index (χ4v) is 7.64. The van der Waals surface area contributed by atoms with E-state index >= 15 is 0 Å². The van der Waals surface area contributed by atoms with E-state index in [-0.39, 0.29) is 11.3 Å². The van der Waals surface area contributed by atoms with Crippen LogP contribution in [-0.4, -0.2) is 64.5 Å². The first-order valence-corrected chi connectivity index (χ1v) is 14.5. The van der Waals surface area contributed by atoms with Crippen LogP contribution in [0.5, 0.6) is 0 Å². The topological polar surface area (TPSA) is 125 Å². The predicted molar refractivity (Wildman–Crippen MR) is 147 cm³/mol. The average Bonchev–Trinajstić information content (AvgIpc) is 3.50. The Balaban J connectivity index is 1.41. The van der Waals surface area contributed by atoms with Crippen LogP contribution >= 0.6 is 0 Å². The minimum absolute atomic E-state index is 0.241. The monoisotopic (exact) mass is 528 g/mol. The Labute approximate surface area is 227 Å². The predicted octanol–water partition coefficient (Wildman–Crippen LogP) is 3.98. The minimum Gasteiger partial charge on any atom is -0.392 e. The van der Waals surface area contributed by atoms with Gasteiger partial charge in [0.25, 0.3) is 0 Å². The molecule has 0 bridgehead atoms. The molecule has 1 aromatic heterocycles. The van der Waals surface area contributed by atoms with Gasteiger partial charge in [0.1, 0.15) is 0 Å². The van der Waals surface area contributed by atoms with Crippen LogP contribution in [0.3, 0.4) is 0 Å². The number of tetrazole rings is 1. The first-order valence-electron chi connectivity index (χ1n) is 14.5. The summed E-state index contributed by atoms with van der Waals surface area (Å²) in [6.07, 6.45) is 12.1. The van der Waals surface area contributed by atoms with Crippen molar-refractivity contribution in [1.82, 2.24) is 20.2 Å². The highest BCUT2D eigenvalue weighted by molar-refractivity contribution is 5.39. The molecule has 0 aromatic carbocycles. The van der Waals surface area contributed by atoms with Crippen molar-refractivity contribution in [3.05, 3.63) is 41.8 Å². The Morgan fingerprint density at radius 2 is 2.00 bits per heavy atom. The number of fused-ring (bicyclic) bond motifs is 1. The summed E-state index contributed by atoms with van der Waals surface area (Å²) in [6.45, 7) is 12.8. The molecule has 4 rings (SSSR count). The smallest absolute Gasteiger partial charge is 0.162 e. The quantitative estimate of drug-likeness (QED) is 0.382. The van der Waals surface area contributed by atoms with E-state index in [0.29, 0.717) is 49.1 Å². The molecule has 8 atom stereocenters. The van der Waals surface area contributed by atoms with E-state index in [1.54, 1.807) is 13.8 Å². The van der Waals surface area contributed by atoms with Gasteiger partial charge in [-0.05, 0) is 111 Å². The van der Waals surface area contributed by atoms with E-state index in [1.165, 1.54) is 42.4 Å². The van der Waals surface area contributed by atoms with Gasteiger partial charge in [-0.2, -0.15) is 4.80 Å². The third-order valence-electron chi connectivity index (χ3n) is 10.1. The SMILES string of the molecule is C=C1/C(=C\C=C2/CCC[C@]3(C)[C@@H]([C@H](C)CC[C@@H](O)C(C)(C)O)CC[C@@H]23)C[C@@H](O)[C@H](CCn2ncnn2)C1O. The molecule has 3 saturated carbocycles. The zero-order valence-corrected chi connectivity index (χ0v) is 23.6. The number of aliphatic hydroxyl groups excluding tert-OH is 3. The van der Waals surface area contributed by atoms with Gasteiger partial charge in [0.15, 0.2) is 6.33 Å². The fourth-order valence-electron chi connectivity index (χ4n) is 7.64. The standard InChI is InChI=1S/C30H48N4O4/c1-19(8-13-27(36)29(3,4)38)24-11-12-25-21(7-6-15-30(24,25)5)9-10-22-17-26(35)23(28(37)20(22)2)14-16-34-32-18-31-33-34/h9-10,18-19,23-28,35-38H,2,6-8,11-17H2,1,3-5H3/b21-9+,22-10-/t19-,23+,24-,25+,26-,27-,28?,30-/m1/s1. The second-order valence-corrected chi connectivity index (χ2v) is 13.0. The lowest BCUT2D eigenvalue weighted by Gasteiger charge is -2.44. The van der Waals surface area contributed by atoms with E-state index < -0.39 is 23.9 Å². The first-order chi connectivity index (χ1) is 17.9. The summed E-state index contributed by atoms with van der Waals surface area (Å²) in [5.41, 5.74) is 2.29. The summed E-state index contributed by atoms with van der Waals surface area (Å²) in [5.74, 6) is 1.33. The third kappa shape index (κ3) is 6.14. The van der Waals surface area contributed by atoms with Crippen LogP contribution in [0.1, 0.15) is 85.5 Å². The van der Waals surface area contributed by atoms with E-state index in [0.717, 1.165) is 18.4 Å². The molecule has 1 aromatic rings. The van der Waals surface area contributed by atoms with Gasteiger partial charge in [-0.15, -0.1) is 10.2 Å². The fraction of sp³-hybridized carbons (Fsp3) is 0.767. The van der Waals surface area contributed by atoms with Gasteiger partial charge in [-0.25, -0.2) is 0 Å². The van der Waals surface area contributed by atoms with Crippen LogP contribution in [-0.2, 0) is 6.54 Å². The molecule has 0 aliphatic heterocycles. The van der Waals surface area contributed by atoms with Crippen molar-refractivity contribution in [2.45, 2.75) is 116 Å². The van der Waals surface area contributed by atoms with E-state index in [9.17, 15) is 20.4 Å².